The van der Waals surface area contributed by atoms with E-state index in [0.717, 1.165) is 12.8 Å². The minimum Gasteiger partial charge on any atom is -1.00 e. The number of allylic oxidation sites excluding steroid dienone is 8. The van der Waals surface area contributed by atoms with E-state index < -0.39 is 18.3 Å². The summed E-state index contributed by atoms with van der Waals surface area (Å²) in [5, 5.41) is 0. The molecular formula is C11H13ClOTi. The molecular weight excluding hydrogens is 231 g/mol. The van der Waals surface area contributed by atoms with Crippen LogP contribution in [-0.4, -0.2) is 7.11 Å². The SMILES string of the molecule is C[O][Ti+]([C]1=CC=CC1)[C]1=CC=CC1.[Cl-]. The van der Waals surface area contributed by atoms with Crippen molar-refractivity contribution in [2.75, 3.05) is 7.11 Å². The van der Waals surface area contributed by atoms with E-state index in [1.54, 1.807) is 0 Å². The number of hydrogen-bond donors (Lipinski definition) is 0. The molecule has 2 rings (SSSR count). The fraction of sp³-hybridized carbons (Fsp3) is 0.273. The van der Waals surface area contributed by atoms with Crippen LogP contribution in [-0.2, 0) is 21.6 Å². The summed E-state index contributed by atoms with van der Waals surface area (Å²) in [4.78, 5) is 0. The van der Waals surface area contributed by atoms with Gasteiger partial charge in [-0.2, -0.15) is 0 Å². The smallest absolute Gasteiger partial charge is 1.00 e. The molecule has 0 aliphatic heterocycles. The predicted octanol–water partition coefficient (Wildman–Crippen LogP) is -0.142. The van der Waals surface area contributed by atoms with Gasteiger partial charge in [-0.05, 0) is 0 Å². The van der Waals surface area contributed by atoms with Crippen LogP contribution in [0.1, 0.15) is 12.8 Å². The summed E-state index contributed by atoms with van der Waals surface area (Å²) in [7, 11) is 1.85. The minimum absolute atomic E-state index is 0. The molecule has 1 nitrogen and oxygen atoms in total. The molecule has 0 unspecified atom stereocenters. The van der Waals surface area contributed by atoms with Crippen molar-refractivity contribution < 1.29 is 34.0 Å². The largest absolute Gasteiger partial charge is 1.00 e. The molecule has 0 bridgehead atoms. The Hall–Kier alpha value is -0.0757. The van der Waals surface area contributed by atoms with Gasteiger partial charge in [0.05, 0.1) is 0 Å². The Morgan fingerprint density at radius 1 is 1.07 bits per heavy atom. The fourth-order valence-corrected chi connectivity index (χ4v) is 4.88. The zero-order chi connectivity index (χ0) is 9.10. The molecule has 0 heterocycles. The average molecular weight is 245 g/mol. The third kappa shape index (κ3) is 2.49. The van der Waals surface area contributed by atoms with Crippen molar-refractivity contribution in [1.29, 1.82) is 0 Å². The number of hydrogen-bond acceptors (Lipinski definition) is 1. The number of rotatable bonds is 3. The van der Waals surface area contributed by atoms with Gasteiger partial charge in [0.2, 0.25) is 0 Å². The molecule has 2 aliphatic rings. The van der Waals surface area contributed by atoms with Crippen LogP contribution in [0, 0.1) is 0 Å². The van der Waals surface area contributed by atoms with Crippen LogP contribution < -0.4 is 12.4 Å². The second-order valence-electron chi connectivity index (χ2n) is 3.18. The summed E-state index contributed by atoms with van der Waals surface area (Å²) in [5.41, 5.74) is 0. The summed E-state index contributed by atoms with van der Waals surface area (Å²) in [6.07, 6.45) is 15.4. The molecule has 0 fully saturated rings. The Balaban J connectivity index is 0.000000980. The molecule has 0 radical (unpaired) electrons. The Morgan fingerprint density at radius 2 is 1.57 bits per heavy atom. The molecule has 0 saturated heterocycles. The van der Waals surface area contributed by atoms with Gasteiger partial charge < -0.3 is 12.4 Å². The second-order valence-corrected chi connectivity index (χ2v) is 6.85. The predicted molar refractivity (Wildman–Crippen MR) is 50.7 cm³/mol. The Kier molecular flexibility index (Phi) is 4.90. The van der Waals surface area contributed by atoms with Gasteiger partial charge in [-0.25, -0.2) is 0 Å². The molecule has 0 N–H and O–H groups in total. The topological polar surface area (TPSA) is 9.23 Å². The van der Waals surface area contributed by atoms with Gasteiger partial charge in [0, 0.05) is 0 Å². The van der Waals surface area contributed by atoms with E-state index >= 15 is 0 Å². The Morgan fingerprint density at radius 3 is 1.86 bits per heavy atom. The maximum absolute atomic E-state index is 5.67. The average Bonchev–Trinajstić information content (AvgIpc) is 2.76. The van der Waals surface area contributed by atoms with Gasteiger partial charge >= 0.3 is 85.7 Å². The van der Waals surface area contributed by atoms with Crippen LogP contribution in [0.4, 0.5) is 0 Å². The molecule has 0 amide bonds. The first-order valence-corrected chi connectivity index (χ1v) is 6.75. The van der Waals surface area contributed by atoms with E-state index in [1.165, 1.54) is 7.76 Å². The van der Waals surface area contributed by atoms with Gasteiger partial charge in [-0.1, -0.05) is 0 Å². The van der Waals surface area contributed by atoms with E-state index in [4.69, 9.17) is 3.32 Å². The molecule has 3 heteroatoms. The third-order valence-corrected chi connectivity index (χ3v) is 5.95. The van der Waals surface area contributed by atoms with Crippen LogP contribution in [0.3, 0.4) is 0 Å². The van der Waals surface area contributed by atoms with Crippen molar-refractivity contribution in [1.82, 2.24) is 0 Å². The molecule has 0 aromatic carbocycles. The molecule has 14 heavy (non-hydrogen) atoms. The molecule has 74 valence electrons. The van der Waals surface area contributed by atoms with E-state index in [9.17, 15) is 0 Å². The van der Waals surface area contributed by atoms with Gasteiger partial charge in [0.25, 0.3) is 0 Å². The van der Waals surface area contributed by atoms with Gasteiger partial charge in [-0.3, -0.25) is 0 Å². The normalized spacial score (nSPS) is 17.8. The zero-order valence-electron chi connectivity index (χ0n) is 8.16. The summed E-state index contributed by atoms with van der Waals surface area (Å²) >= 11 is -1.50. The van der Waals surface area contributed by atoms with Crippen LogP contribution in [0.15, 0.2) is 44.2 Å². The third-order valence-electron chi connectivity index (χ3n) is 2.33. The first-order valence-electron chi connectivity index (χ1n) is 4.55. The van der Waals surface area contributed by atoms with Gasteiger partial charge in [0.1, 0.15) is 0 Å². The molecule has 0 aromatic heterocycles. The molecule has 2 aliphatic carbocycles. The number of halogens is 1. The molecule has 0 saturated carbocycles. The van der Waals surface area contributed by atoms with Crippen LogP contribution >= 0.6 is 0 Å². The Bertz CT molecular complexity index is 285. The summed E-state index contributed by atoms with van der Waals surface area (Å²) < 4.78 is 8.75. The van der Waals surface area contributed by atoms with E-state index in [2.05, 4.69) is 36.5 Å². The van der Waals surface area contributed by atoms with Crippen molar-refractivity contribution in [2.24, 2.45) is 0 Å². The molecule has 0 aromatic rings. The van der Waals surface area contributed by atoms with Crippen molar-refractivity contribution in [3.05, 3.63) is 44.2 Å². The fourth-order valence-electron chi connectivity index (χ4n) is 1.70. The van der Waals surface area contributed by atoms with Crippen molar-refractivity contribution in [3.8, 4) is 0 Å². The maximum atomic E-state index is 5.67. The monoisotopic (exact) mass is 244 g/mol. The standard InChI is InChI=1S/2C5H5.CH3O.ClH.Ti/c2*1-2-4-5-3-1;1-2;;/h2*1-3H,4H2;1H3;1H;/q;;-1;;+2/p-1. The first kappa shape index (κ1) is 12.0. The van der Waals surface area contributed by atoms with Crippen molar-refractivity contribution in [3.63, 3.8) is 0 Å². The molecule has 0 atom stereocenters. The molecule has 0 spiro atoms. The van der Waals surface area contributed by atoms with Crippen molar-refractivity contribution >= 4 is 0 Å². The van der Waals surface area contributed by atoms with Crippen molar-refractivity contribution in [2.45, 2.75) is 12.8 Å². The van der Waals surface area contributed by atoms with Crippen LogP contribution in [0.2, 0.25) is 0 Å². The minimum atomic E-state index is -1.50. The zero-order valence-corrected chi connectivity index (χ0v) is 10.5. The quantitative estimate of drug-likeness (QED) is 0.628. The summed E-state index contributed by atoms with van der Waals surface area (Å²) in [5.74, 6) is 0. The maximum Gasteiger partial charge on any atom is -1.00 e. The second kappa shape index (κ2) is 5.72. The van der Waals surface area contributed by atoms with E-state index in [0.29, 0.717) is 0 Å². The summed E-state index contributed by atoms with van der Waals surface area (Å²) in [6, 6.07) is 0. The Labute approximate surface area is 97.9 Å². The van der Waals surface area contributed by atoms with E-state index in [1.807, 2.05) is 7.11 Å². The van der Waals surface area contributed by atoms with E-state index in [-0.39, 0.29) is 12.4 Å². The first-order chi connectivity index (χ1) is 6.42. The van der Waals surface area contributed by atoms with Gasteiger partial charge in [0.15, 0.2) is 0 Å². The van der Waals surface area contributed by atoms with Gasteiger partial charge in [-0.15, -0.1) is 0 Å². The summed E-state index contributed by atoms with van der Waals surface area (Å²) in [6.45, 7) is 0. The van der Waals surface area contributed by atoms with Crippen LogP contribution in [0.25, 0.3) is 0 Å². The van der Waals surface area contributed by atoms with Crippen LogP contribution in [0.5, 0.6) is 0 Å².